The number of carbonyl (C=O) groups is 1. The fourth-order valence-electron chi connectivity index (χ4n) is 1.20. The summed E-state index contributed by atoms with van der Waals surface area (Å²) in [6.45, 7) is 1.14. The molecule has 0 aliphatic rings. The number of aryl methyl sites for hydroxylation is 1. The summed E-state index contributed by atoms with van der Waals surface area (Å²) in [6.07, 6.45) is -9.97. The van der Waals surface area contributed by atoms with Gasteiger partial charge in [0.15, 0.2) is 0 Å². The third-order valence-electron chi connectivity index (χ3n) is 2.07. The summed E-state index contributed by atoms with van der Waals surface area (Å²) in [5.74, 6) is -2.28. The van der Waals surface area contributed by atoms with Gasteiger partial charge in [0.2, 0.25) is 0 Å². The van der Waals surface area contributed by atoms with Crippen LogP contribution in [0.25, 0.3) is 0 Å². The average molecular weight is 256 g/mol. The maximum absolute atomic E-state index is 12.3. The first kappa shape index (κ1) is 13.5. The second-order valence-electron chi connectivity index (χ2n) is 3.35. The minimum absolute atomic E-state index is 0.152. The molecule has 0 aliphatic carbocycles. The minimum Gasteiger partial charge on any atom is -0.284 e. The molecule has 0 aliphatic heterocycles. The molecule has 0 N–H and O–H groups in total. The predicted octanol–water partition coefficient (Wildman–Crippen LogP) is 3.76. The molecule has 0 bridgehead atoms. The third-order valence-corrected chi connectivity index (χ3v) is 2.07. The summed E-state index contributed by atoms with van der Waals surface area (Å²) in [4.78, 5) is 10.9. The Morgan fingerprint density at radius 3 is 2.00 bits per heavy atom. The second kappa shape index (κ2) is 4.05. The van der Waals surface area contributed by atoms with Gasteiger partial charge in [-0.15, -0.1) is 0 Å². The quantitative estimate of drug-likeness (QED) is 0.552. The van der Waals surface area contributed by atoms with Gasteiger partial charge in [-0.2, -0.15) is 26.3 Å². The number of carbonyl (C=O) groups excluding carboxylic acids is 1. The van der Waals surface area contributed by atoms with Crippen LogP contribution in [0.3, 0.4) is 0 Å². The number of hydrogen-bond acceptors (Lipinski definition) is 1. The number of rotatable bonds is 1. The number of benzene rings is 1. The van der Waals surface area contributed by atoms with Crippen LogP contribution in [0.5, 0.6) is 0 Å². The van der Waals surface area contributed by atoms with Crippen molar-refractivity contribution >= 4 is 5.78 Å². The van der Waals surface area contributed by atoms with Crippen molar-refractivity contribution in [3.63, 3.8) is 0 Å². The lowest BCUT2D eigenvalue weighted by Gasteiger charge is -2.12. The van der Waals surface area contributed by atoms with Crippen molar-refractivity contribution in [3.8, 4) is 0 Å². The minimum atomic E-state index is -5.19. The maximum Gasteiger partial charge on any atom is 0.454 e. The van der Waals surface area contributed by atoms with Gasteiger partial charge in [-0.25, -0.2) is 0 Å². The number of Topliss-reactive ketones (excluding diaryl/α,β-unsaturated/α-hetero) is 1. The highest BCUT2D eigenvalue weighted by atomic mass is 19.4. The Hall–Kier alpha value is -1.53. The van der Waals surface area contributed by atoms with E-state index in [1.54, 1.807) is 0 Å². The van der Waals surface area contributed by atoms with Gasteiger partial charge in [0.1, 0.15) is 0 Å². The molecule has 1 nitrogen and oxygen atoms in total. The van der Waals surface area contributed by atoms with Gasteiger partial charge in [-0.1, -0.05) is 6.07 Å². The lowest BCUT2D eigenvalue weighted by atomic mass is 10.0. The molecule has 0 spiro atoms. The number of halogens is 6. The largest absolute Gasteiger partial charge is 0.454 e. The lowest BCUT2D eigenvalue weighted by molar-refractivity contribution is -0.137. The van der Waals surface area contributed by atoms with Crippen molar-refractivity contribution in [3.05, 3.63) is 34.9 Å². The van der Waals surface area contributed by atoms with E-state index < -0.39 is 29.3 Å². The Morgan fingerprint density at radius 2 is 1.59 bits per heavy atom. The summed E-state index contributed by atoms with van der Waals surface area (Å²) in [6, 6.07) is 1.68. The third kappa shape index (κ3) is 2.98. The molecule has 0 fully saturated rings. The van der Waals surface area contributed by atoms with E-state index in [1.807, 2.05) is 0 Å². The van der Waals surface area contributed by atoms with Gasteiger partial charge in [0.25, 0.3) is 5.78 Å². The lowest BCUT2D eigenvalue weighted by Crippen LogP contribution is -2.24. The smallest absolute Gasteiger partial charge is 0.284 e. The molecule has 1 aromatic rings. The highest BCUT2D eigenvalue weighted by Gasteiger charge is 2.41. The molecule has 1 aromatic carbocycles. The first-order valence-electron chi connectivity index (χ1n) is 4.33. The molecule has 0 amide bonds. The van der Waals surface area contributed by atoms with Gasteiger partial charge in [-0.05, 0) is 24.6 Å². The number of hydrogen-bond donors (Lipinski definition) is 0. The van der Waals surface area contributed by atoms with Crippen LogP contribution in [-0.2, 0) is 6.18 Å². The zero-order valence-electron chi connectivity index (χ0n) is 8.41. The molecule has 17 heavy (non-hydrogen) atoms. The SMILES string of the molecule is Cc1ccc(C(F)(F)F)cc1C(=O)C(F)(F)F. The van der Waals surface area contributed by atoms with Gasteiger partial charge in [-0.3, -0.25) is 4.79 Å². The molecule has 94 valence electrons. The van der Waals surface area contributed by atoms with Gasteiger partial charge in [0, 0.05) is 5.56 Å². The summed E-state index contributed by atoms with van der Waals surface area (Å²) in [5.41, 5.74) is -2.41. The van der Waals surface area contributed by atoms with Crippen LogP contribution in [-0.4, -0.2) is 12.0 Å². The van der Waals surface area contributed by atoms with E-state index in [2.05, 4.69) is 0 Å². The fraction of sp³-hybridized carbons (Fsp3) is 0.300. The summed E-state index contributed by atoms with van der Waals surface area (Å²) < 4.78 is 73.1. The van der Waals surface area contributed by atoms with Crippen molar-refractivity contribution in [1.82, 2.24) is 0 Å². The Balaban J connectivity index is 3.30. The van der Waals surface area contributed by atoms with Crippen LogP contribution in [0.4, 0.5) is 26.3 Å². The van der Waals surface area contributed by atoms with Crippen molar-refractivity contribution in [2.24, 2.45) is 0 Å². The summed E-state index contributed by atoms with van der Waals surface area (Å²) in [7, 11) is 0. The van der Waals surface area contributed by atoms with Crippen molar-refractivity contribution in [2.75, 3.05) is 0 Å². The second-order valence-corrected chi connectivity index (χ2v) is 3.35. The van der Waals surface area contributed by atoms with Crippen molar-refractivity contribution < 1.29 is 31.1 Å². The Labute approximate surface area is 92.0 Å². The molecule has 0 unspecified atom stereocenters. The molecule has 0 saturated heterocycles. The monoisotopic (exact) mass is 256 g/mol. The van der Waals surface area contributed by atoms with E-state index in [-0.39, 0.29) is 11.6 Å². The van der Waals surface area contributed by atoms with Crippen LogP contribution < -0.4 is 0 Å². The van der Waals surface area contributed by atoms with E-state index in [1.165, 1.54) is 0 Å². The van der Waals surface area contributed by atoms with Gasteiger partial charge >= 0.3 is 12.4 Å². The molecule has 0 saturated carbocycles. The van der Waals surface area contributed by atoms with E-state index in [0.29, 0.717) is 6.07 Å². The average Bonchev–Trinajstić information content (AvgIpc) is 2.14. The summed E-state index contributed by atoms with van der Waals surface area (Å²) in [5, 5.41) is 0. The Morgan fingerprint density at radius 1 is 1.06 bits per heavy atom. The molecule has 0 atom stereocenters. The van der Waals surface area contributed by atoms with E-state index in [4.69, 9.17) is 0 Å². The predicted molar refractivity (Wildman–Crippen MR) is 46.6 cm³/mol. The van der Waals surface area contributed by atoms with Crippen molar-refractivity contribution in [1.29, 1.82) is 0 Å². The highest BCUT2D eigenvalue weighted by molar-refractivity contribution is 6.01. The molecule has 0 heterocycles. The normalized spacial score (nSPS) is 12.6. The van der Waals surface area contributed by atoms with Crippen LogP contribution in [0.1, 0.15) is 21.5 Å². The topological polar surface area (TPSA) is 17.1 Å². The first-order chi connectivity index (χ1) is 7.53. The molecule has 1 rings (SSSR count). The molecule has 0 radical (unpaired) electrons. The molecule has 7 heteroatoms. The Bertz CT molecular complexity index is 443. The molecule has 0 aromatic heterocycles. The maximum atomic E-state index is 12.3. The fourth-order valence-corrected chi connectivity index (χ4v) is 1.20. The van der Waals surface area contributed by atoms with Crippen LogP contribution in [0, 0.1) is 6.92 Å². The molecular weight excluding hydrogens is 250 g/mol. The number of alkyl halides is 6. The Kier molecular flexibility index (Phi) is 3.22. The standard InChI is InChI=1S/C10H6F6O/c1-5-2-3-6(9(11,12)13)4-7(5)8(17)10(14,15)16/h2-4H,1H3. The zero-order valence-corrected chi connectivity index (χ0v) is 8.41. The summed E-state index contributed by atoms with van der Waals surface area (Å²) >= 11 is 0. The van der Waals surface area contributed by atoms with Crippen LogP contribution in [0.2, 0.25) is 0 Å². The molecular formula is C10H6F6O. The van der Waals surface area contributed by atoms with Crippen LogP contribution in [0.15, 0.2) is 18.2 Å². The first-order valence-corrected chi connectivity index (χ1v) is 4.33. The van der Waals surface area contributed by atoms with Gasteiger partial charge < -0.3 is 0 Å². The van der Waals surface area contributed by atoms with E-state index >= 15 is 0 Å². The van der Waals surface area contributed by atoms with Crippen molar-refractivity contribution in [2.45, 2.75) is 19.3 Å². The van der Waals surface area contributed by atoms with Gasteiger partial charge in [0.05, 0.1) is 5.56 Å². The van der Waals surface area contributed by atoms with E-state index in [0.717, 1.165) is 13.0 Å². The number of ketones is 1. The van der Waals surface area contributed by atoms with Crippen LogP contribution >= 0.6 is 0 Å². The van der Waals surface area contributed by atoms with E-state index in [9.17, 15) is 31.1 Å². The highest BCUT2D eigenvalue weighted by Crippen LogP contribution is 2.32. The zero-order chi connectivity index (χ0) is 13.4.